The molecule has 104 valence electrons. The highest BCUT2D eigenvalue weighted by Gasteiger charge is 2.16. The first kappa shape index (κ1) is 13.8. The van der Waals surface area contributed by atoms with E-state index in [4.69, 9.17) is 0 Å². The molecule has 5 heteroatoms. The average molecular weight is 261 g/mol. The van der Waals surface area contributed by atoms with Gasteiger partial charge < -0.3 is 5.32 Å². The van der Waals surface area contributed by atoms with Gasteiger partial charge in [0.15, 0.2) is 0 Å². The highest BCUT2D eigenvalue weighted by Crippen LogP contribution is 2.19. The van der Waals surface area contributed by atoms with E-state index in [0.29, 0.717) is 17.7 Å². The molecule has 2 unspecified atom stereocenters. The minimum atomic E-state index is 0.460. The zero-order valence-corrected chi connectivity index (χ0v) is 12.0. The van der Waals surface area contributed by atoms with Crippen molar-refractivity contribution in [3.63, 3.8) is 0 Å². The van der Waals surface area contributed by atoms with Crippen LogP contribution in [0.5, 0.6) is 0 Å². The van der Waals surface area contributed by atoms with E-state index >= 15 is 0 Å². The fourth-order valence-electron chi connectivity index (χ4n) is 2.41. The largest absolute Gasteiger partial charge is 0.367 e. The summed E-state index contributed by atoms with van der Waals surface area (Å²) >= 11 is 0. The summed E-state index contributed by atoms with van der Waals surface area (Å²) in [4.78, 5) is 8.29. The molecule has 0 amide bonds. The van der Waals surface area contributed by atoms with Crippen molar-refractivity contribution in [1.82, 2.24) is 19.6 Å². The van der Waals surface area contributed by atoms with Gasteiger partial charge in [0.2, 0.25) is 0 Å². The smallest absolute Gasteiger partial charge is 0.254 e. The van der Waals surface area contributed by atoms with Crippen LogP contribution < -0.4 is 5.32 Å². The van der Waals surface area contributed by atoms with E-state index in [1.165, 1.54) is 25.6 Å². The second-order valence-electron chi connectivity index (χ2n) is 5.08. The lowest BCUT2D eigenvalue weighted by Gasteiger charge is -2.25. The van der Waals surface area contributed by atoms with Crippen LogP contribution in [-0.4, -0.2) is 25.6 Å². The Kier molecular flexibility index (Phi) is 4.71. The Morgan fingerprint density at radius 3 is 2.89 bits per heavy atom. The molecule has 5 nitrogen and oxygen atoms in total. The number of hydrogen-bond acceptors (Lipinski definition) is 4. The molecule has 0 aliphatic rings. The van der Waals surface area contributed by atoms with Crippen molar-refractivity contribution in [2.75, 3.05) is 5.32 Å². The normalized spacial score (nSPS) is 14.5. The molecule has 2 aromatic rings. The van der Waals surface area contributed by atoms with Gasteiger partial charge >= 0.3 is 0 Å². The van der Waals surface area contributed by atoms with E-state index < -0.39 is 0 Å². The predicted molar refractivity (Wildman–Crippen MR) is 77.2 cm³/mol. The van der Waals surface area contributed by atoms with Gasteiger partial charge in [-0.25, -0.2) is 4.98 Å². The van der Waals surface area contributed by atoms with Crippen LogP contribution in [0.4, 0.5) is 5.82 Å². The van der Waals surface area contributed by atoms with Gasteiger partial charge in [0, 0.05) is 12.2 Å². The molecule has 0 radical (unpaired) electrons. The lowest BCUT2D eigenvalue weighted by atomic mass is 9.94. The fraction of sp³-hybridized carbons (Fsp3) is 0.643. The van der Waals surface area contributed by atoms with Crippen LogP contribution >= 0.6 is 0 Å². The Morgan fingerprint density at radius 2 is 2.16 bits per heavy atom. The second-order valence-corrected chi connectivity index (χ2v) is 5.08. The Labute approximate surface area is 114 Å². The molecule has 0 saturated carbocycles. The van der Waals surface area contributed by atoms with Crippen LogP contribution in [0.15, 0.2) is 18.6 Å². The highest BCUT2D eigenvalue weighted by molar-refractivity contribution is 5.42. The summed E-state index contributed by atoms with van der Waals surface area (Å²) in [5, 5.41) is 7.79. The molecule has 0 saturated heterocycles. The van der Waals surface area contributed by atoms with E-state index in [1.54, 1.807) is 10.7 Å². The maximum absolute atomic E-state index is 4.21. The molecule has 2 atom stereocenters. The summed E-state index contributed by atoms with van der Waals surface area (Å²) in [6.45, 7) is 6.78. The first-order valence-electron chi connectivity index (χ1n) is 7.17. The molecule has 0 aliphatic carbocycles. The van der Waals surface area contributed by atoms with Gasteiger partial charge in [-0.05, 0) is 24.8 Å². The SMILES string of the molecule is CCCCC(C)C(CC)Nc1ccnc2ncnn12. The summed E-state index contributed by atoms with van der Waals surface area (Å²) in [7, 11) is 0. The van der Waals surface area contributed by atoms with Crippen molar-refractivity contribution in [2.45, 2.75) is 52.5 Å². The number of unbranched alkanes of at least 4 members (excludes halogenated alkanes) is 1. The Bertz CT molecular complexity index is 507. The first-order chi connectivity index (χ1) is 9.26. The number of nitrogens with one attached hydrogen (secondary N) is 1. The van der Waals surface area contributed by atoms with E-state index in [1.807, 2.05) is 6.07 Å². The van der Waals surface area contributed by atoms with E-state index in [-0.39, 0.29) is 0 Å². The van der Waals surface area contributed by atoms with Crippen LogP contribution in [0.25, 0.3) is 5.78 Å². The third kappa shape index (κ3) is 3.22. The molecule has 0 spiro atoms. The molecule has 0 fully saturated rings. The third-order valence-electron chi connectivity index (χ3n) is 3.65. The monoisotopic (exact) mass is 261 g/mol. The summed E-state index contributed by atoms with van der Waals surface area (Å²) in [5.41, 5.74) is 0. The zero-order valence-electron chi connectivity index (χ0n) is 12.0. The second kappa shape index (κ2) is 6.50. The molecule has 0 aromatic carbocycles. The number of nitrogens with zero attached hydrogens (tertiary/aromatic N) is 4. The van der Waals surface area contributed by atoms with Gasteiger partial charge in [-0.1, -0.05) is 33.6 Å². The number of aromatic nitrogens is 4. The molecule has 2 aromatic heterocycles. The van der Waals surface area contributed by atoms with E-state index in [0.717, 1.165) is 12.2 Å². The molecule has 0 bridgehead atoms. The molecule has 1 N–H and O–H groups in total. The Hall–Kier alpha value is -1.65. The molecular formula is C14H23N5. The Balaban J connectivity index is 2.11. The quantitative estimate of drug-likeness (QED) is 0.832. The molecule has 2 heterocycles. The standard InChI is InChI=1S/C14H23N5/c1-4-6-7-11(3)12(5-2)18-13-8-9-15-14-16-10-17-19(13)14/h8-12,18H,4-7H2,1-3H3. The van der Waals surface area contributed by atoms with Crippen molar-refractivity contribution in [3.8, 4) is 0 Å². The van der Waals surface area contributed by atoms with Crippen molar-refractivity contribution in [3.05, 3.63) is 18.6 Å². The number of fused-ring (bicyclic) bond motifs is 1. The van der Waals surface area contributed by atoms with Gasteiger partial charge in [0.05, 0.1) is 0 Å². The summed E-state index contributed by atoms with van der Waals surface area (Å²) in [5.74, 6) is 2.26. The van der Waals surface area contributed by atoms with Crippen LogP contribution in [0.3, 0.4) is 0 Å². The number of hydrogen-bond donors (Lipinski definition) is 1. The van der Waals surface area contributed by atoms with E-state index in [2.05, 4.69) is 41.2 Å². The van der Waals surface area contributed by atoms with Gasteiger partial charge in [-0.15, -0.1) is 0 Å². The molecular weight excluding hydrogens is 238 g/mol. The topological polar surface area (TPSA) is 55.1 Å². The lowest BCUT2D eigenvalue weighted by molar-refractivity contribution is 0.424. The molecule has 2 rings (SSSR count). The molecule has 0 aliphatic heterocycles. The Morgan fingerprint density at radius 1 is 1.32 bits per heavy atom. The summed E-state index contributed by atoms with van der Waals surface area (Å²) < 4.78 is 1.76. The third-order valence-corrected chi connectivity index (χ3v) is 3.65. The highest BCUT2D eigenvalue weighted by atomic mass is 15.4. The minimum Gasteiger partial charge on any atom is -0.367 e. The first-order valence-corrected chi connectivity index (χ1v) is 7.17. The van der Waals surface area contributed by atoms with Gasteiger partial charge in [0.1, 0.15) is 12.1 Å². The van der Waals surface area contributed by atoms with Crippen molar-refractivity contribution < 1.29 is 0 Å². The predicted octanol–water partition coefficient (Wildman–Crippen LogP) is 3.14. The maximum atomic E-state index is 4.21. The van der Waals surface area contributed by atoms with Gasteiger partial charge in [0.25, 0.3) is 5.78 Å². The van der Waals surface area contributed by atoms with Crippen LogP contribution in [0, 0.1) is 5.92 Å². The summed E-state index contributed by atoms with van der Waals surface area (Å²) in [6.07, 6.45) is 8.21. The van der Waals surface area contributed by atoms with Gasteiger partial charge in [-0.2, -0.15) is 14.6 Å². The maximum Gasteiger partial charge on any atom is 0.254 e. The summed E-state index contributed by atoms with van der Waals surface area (Å²) in [6, 6.07) is 2.41. The van der Waals surface area contributed by atoms with Crippen molar-refractivity contribution in [2.24, 2.45) is 5.92 Å². The number of anilines is 1. The van der Waals surface area contributed by atoms with Crippen LogP contribution in [0.1, 0.15) is 46.5 Å². The average Bonchev–Trinajstić information content (AvgIpc) is 2.91. The van der Waals surface area contributed by atoms with Crippen molar-refractivity contribution >= 4 is 11.6 Å². The van der Waals surface area contributed by atoms with Crippen LogP contribution in [-0.2, 0) is 0 Å². The van der Waals surface area contributed by atoms with Crippen molar-refractivity contribution in [1.29, 1.82) is 0 Å². The molecule has 19 heavy (non-hydrogen) atoms. The minimum absolute atomic E-state index is 0.460. The number of rotatable bonds is 7. The van der Waals surface area contributed by atoms with Crippen LogP contribution in [0.2, 0.25) is 0 Å². The zero-order chi connectivity index (χ0) is 13.7. The van der Waals surface area contributed by atoms with E-state index in [9.17, 15) is 0 Å². The van der Waals surface area contributed by atoms with Gasteiger partial charge in [-0.3, -0.25) is 0 Å². The fourth-order valence-corrected chi connectivity index (χ4v) is 2.41. The lowest BCUT2D eigenvalue weighted by Crippen LogP contribution is -2.27.